The lowest BCUT2D eigenvalue weighted by Crippen LogP contribution is -2.40. The molecular weight excluding hydrogens is 379 g/mol. The molecule has 1 N–H and O–H groups in total. The van der Waals surface area contributed by atoms with Gasteiger partial charge < -0.3 is 5.32 Å². The number of rotatable bonds is 6. The zero-order valence-corrected chi connectivity index (χ0v) is 17.0. The second-order valence-corrected chi connectivity index (χ2v) is 7.56. The van der Waals surface area contributed by atoms with E-state index in [1.54, 1.807) is 16.8 Å². The number of benzene rings is 2. The molecule has 1 aliphatic rings. The maximum absolute atomic E-state index is 13.1. The third kappa shape index (κ3) is 4.83. The zero-order valence-electron chi connectivity index (χ0n) is 17.0. The van der Waals surface area contributed by atoms with Gasteiger partial charge in [-0.1, -0.05) is 36.4 Å². The van der Waals surface area contributed by atoms with Gasteiger partial charge in [-0.05, 0) is 48.7 Å². The molecule has 2 aromatic carbocycles. The van der Waals surface area contributed by atoms with Crippen molar-refractivity contribution in [1.29, 1.82) is 0 Å². The van der Waals surface area contributed by atoms with E-state index in [4.69, 9.17) is 0 Å². The Kier molecular flexibility index (Phi) is 6.05. The Morgan fingerprint density at radius 2 is 1.93 bits per heavy atom. The van der Waals surface area contributed by atoms with Crippen LogP contribution in [0.3, 0.4) is 0 Å². The lowest BCUT2D eigenvalue weighted by Gasteiger charge is -2.26. The van der Waals surface area contributed by atoms with Crippen molar-refractivity contribution >= 4 is 11.5 Å². The van der Waals surface area contributed by atoms with Gasteiger partial charge in [0.15, 0.2) is 0 Å². The Morgan fingerprint density at radius 3 is 2.63 bits per heavy atom. The number of halogens is 1. The first kappa shape index (κ1) is 20.0. The van der Waals surface area contributed by atoms with Crippen LogP contribution in [0, 0.1) is 5.82 Å². The normalized spacial score (nSPS) is 15.5. The van der Waals surface area contributed by atoms with Gasteiger partial charge in [-0.15, -0.1) is 0 Å². The van der Waals surface area contributed by atoms with Crippen molar-refractivity contribution in [2.45, 2.75) is 19.4 Å². The summed E-state index contributed by atoms with van der Waals surface area (Å²) in [6, 6.07) is 16.2. The fourth-order valence-electron chi connectivity index (χ4n) is 3.66. The van der Waals surface area contributed by atoms with Crippen molar-refractivity contribution in [2.24, 2.45) is 0 Å². The molecule has 0 aliphatic carbocycles. The summed E-state index contributed by atoms with van der Waals surface area (Å²) in [6.07, 6.45) is 6.81. The van der Waals surface area contributed by atoms with E-state index in [1.165, 1.54) is 17.7 Å². The first-order chi connectivity index (χ1) is 14.6. The van der Waals surface area contributed by atoms with E-state index in [-0.39, 0.29) is 17.8 Å². The van der Waals surface area contributed by atoms with Crippen LogP contribution in [0.1, 0.15) is 30.5 Å². The second kappa shape index (κ2) is 9.05. The monoisotopic (exact) mass is 404 g/mol. The SMILES string of the molecule is CC(NC(=O)CN1CC=C(c2cnn(-c3ccc(F)cc3)c2)CC1)c1ccccc1. The van der Waals surface area contributed by atoms with Gasteiger partial charge in [-0.2, -0.15) is 5.10 Å². The van der Waals surface area contributed by atoms with Gasteiger partial charge in [0.05, 0.1) is 24.5 Å². The van der Waals surface area contributed by atoms with Crippen LogP contribution in [-0.4, -0.2) is 40.2 Å². The van der Waals surface area contributed by atoms with E-state index in [2.05, 4.69) is 21.4 Å². The van der Waals surface area contributed by atoms with Crippen LogP contribution in [-0.2, 0) is 4.79 Å². The van der Waals surface area contributed by atoms with Gasteiger partial charge in [0, 0.05) is 24.8 Å². The maximum atomic E-state index is 13.1. The molecule has 1 aromatic heterocycles. The molecule has 3 aromatic rings. The Morgan fingerprint density at radius 1 is 1.17 bits per heavy atom. The molecule has 0 fully saturated rings. The highest BCUT2D eigenvalue weighted by atomic mass is 19.1. The summed E-state index contributed by atoms with van der Waals surface area (Å²) in [7, 11) is 0. The van der Waals surface area contributed by atoms with Gasteiger partial charge >= 0.3 is 0 Å². The van der Waals surface area contributed by atoms with Crippen LogP contribution in [0.5, 0.6) is 0 Å². The van der Waals surface area contributed by atoms with Crippen LogP contribution in [0.25, 0.3) is 11.3 Å². The highest BCUT2D eigenvalue weighted by Crippen LogP contribution is 2.23. The summed E-state index contributed by atoms with van der Waals surface area (Å²) < 4.78 is 14.9. The molecule has 0 saturated heterocycles. The van der Waals surface area contributed by atoms with Crippen LogP contribution in [0.4, 0.5) is 4.39 Å². The molecule has 154 valence electrons. The molecule has 1 aliphatic heterocycles. The third-order valence-electron chi connectivity index (χ3n) is 5.38. The fraction of sp³-hybridized carbons (Fsp3) is 0.250. The molecule has 0 radical (unpaired) electrons. The number of carbonyl (C=O) groups excluding carboxylic acids is 1. The predicted octanol–water partition coefficient (Wildman–Crippen LogP) is 3.98. The van der Waals surface area contributed by atoms with E-state index in [0.29, 0.717) is 6.54 Å². The lowest BCUT2D eigenvalue weighted by molar-refractivity contribution is -0.122. The Bertz CT molecular complexity index is 1030. The van der Waals surface area contributed by atoms with Crippen LogP contribution < -0.4 is 5.32 Å². The zero-order chi connectivity index (χ0) is 20.9. The average molecular weight is 404 g/mol. The minimum Gasteiger partial charge on any atom is -0.348 e. The Hall–Kier alpha value is -3.25. The molecule has 0 spiro atoms. The fourth-order valence-corrected chi connectivity index (χ4v) is 3.66. The number of hydrogen-bond donors (Lipinski definition) is 1. The topological polar surface area (TPSA) is 50.2 Å². The smallest absolute Gasteiger partial charge is 0.234 e. The third-order valence-corrected chi connectivity index (χ3v) is 5.38. The van der Waals surface area contributed by atoms with Gasteiger partial charge in [0.2, 0.25) is 5.91 Å². The molecule has 30 heavy (non-hydrogen) atoms. The van der Waals surface area contributed by atoms with Crippen molar-refractivity contribution in [2.75, 3.05) is 19.6 Å². The average Bonchev–Trinajstić information content (AvgIpc) is 3.25. The number of nitrogens with one attached hydrogen (secondary N) is 1. The number of hydrogen-bond acceptors (Lipinski definition) is 3. The first-order valence-corrected chi connectivity index (χ1v) is 10.1. The summed E-state index contributed by atoms with van der Waals surface area (Å²) in [5.41, 5.74) is 4.20. The Balaban J connectivity index is 1.32. The molecular formula is C24H25FN4O. The predicted molar refractivity (Wildman–Crippen MR) is 116 cm³/mol. The molecule has 1 amide bonds. The van der Waals surface area contributed by atoms with E-state index in [9.17, 15) is 9.18 Å². The summed E-state index contributed by atoms with van der Waals surface area (Å²) in [5.74, 6) is -0.226. The quantitative estimate of drug-likeness (QED) is 0.676. The van der Waals surface area contributed by atoms with Crippen LogP contribution in [0.15, 0.2) is 73.1 Å². The van der Waals surface area contributed by atoms with Crippen molar-refractivity contribution in [1.82, 2.24) is 20.0 Å². The van der Waals surface area contributed by atoms with Crippen LogP contribution in [0.2, 0.25) is 0 Å². The van der Waals surface area contributed by atoms with Gasteiger partial charge in [-0.25, -0.2) is 9.07 Å². The standard InChI is InChI=1S/C24H25FN4O/c1-18(19-5-3-2-4-6-19)27-24(30)17-28-13-11-20(12-14-28)21-15-26-29(16-21)23-9-7-22(25)8-10-23/h2-11,15-16,18H,12-14,17H2,1H3,(H,27,30). The highest BCUT2D eigenvalue weighted by Gasteiger charge is 2.18. The molecule has 1 atom stereocenters. The summed E-state index contributed by atoms with van der Waals surface area (Å²) in [6.45, 7) is 3.93. The number of aromatic nitrogens is 2. The lowest BCUT2D eigenvalue weighted by atomic mass is 10.0. The van der Waals surface area contributed by atoms with Crippen molar-refractivity contribution < 1.29 is 9.18 Å². The van der Waals surface area contributed by atoms with E-state index in [0.717, 1.165) is 36.3 Å². The summed E-state index contributed by atoms with van der Waals surface area (Å²) >= 11 is 0. The molecule has 4 rings (SSSR count). The van der Waals surface area contributed by atoms with Crippen molar-refractivity contribution in [3.8, 4) is 5.69 Å². The molecule has 0 saturated carbocycles. The molecule has 6 heteroatoms. The molecule has 5 nitrogen and oxygen atoms in total. The van der Waals surface area contributed by atoms with Gasteiger partial charge in [-0.3, -0.25) is 9.69 Å². The molecule has 2 heterocycles. The van der Waals surface area contributed by atoms with Gasteiger partial charge in [0.25, 0.3) is 0 Å². The number of amides is 1. The van der Waals surface area contributed by atoms with E-state index < -0.39 is 0 Å². The van der Waals surface area contributed by atoms with Gasteiger partial charge in [0.1, 0.15) is 5.82 Å². The Labute approximate surface area is 175 Å². The minimum atomic E-state index is -0.261. The van der Waals surface area contributed by atoms with E-state index >= 15 is 0 Å². The highest BCUT2D eigenvalue weighted by molar-refractivity contribution is 5.78. The first-order valence-electron chi connectivity index (χ1n) is 10.1. The molecule has 0 bridgehead atoms. The summed E-state index contributed by atoms with van der Waals surface area (Å²) in [5, 5.41) is 7.47. The summed E-state index contributed by atoms with van der Waals surface area (Å²) in [4.78, 5) is 14.6. The van der Waals surface area contributed by atoms with E-state index in [1.807, 2.05) is 49.6 Å². The van der Waals surface area contributed by atoms with Crippen LogP contribution >= 0.6 is 0 Å². The maximum Gasteiger partial charge on any atom is 0.234 e. The second-order valence-electron chi connectivity index (χ2n) is 7.56. The number of nitrogens with zero attached hydrogens (tertiary/aromatic N) is 3. The minimum absolute atomic E-state index is 0.00751. The number of carbonyl (C=O) groups is 1. The largest absolute Gasteiger partial charge is 0.348 e. The van der Waals surface area contributed by atoms with Crippen molar-refractivity contribution in [3.05, 3.63) is 90.0 Å². The molecule has 1 unspecified atom stereocenters. The van der Waals surface area contributed by atoms with Crippen molar-refractivity contribution in [3.63, 3.8) is 0 Å².